The molecule has 0 bridgehead atoms. The molecule has 1 saturated heterocycles. The van der Waals surface area contributed by atoms with Gasteiger partial charge in [0.05, 0.1) is 12.8 Å². The molecule has 0 spiro atoms. The molecule has 1 unspecified atom stereocenters. The van der Waals surface area contributed by atoms with E-state index in [0.717, 1.165) is 37.7 Å². The Morgan fingerprint density at radius 3 is 2.79 bits per heavy atom. The first-order chi connectivity index (χ1) is 11.7. The molecular formula is C18H21N5O. The molecule has 1 fully saturated rings. The lowest BCUT2D eigenvalue weighted by Crippen LogP contribution is -2.51. The number of methoxy groups -OCH3 is 1. The second-order valence-corrected chi connectivity index (χ2v) is 5.93. The minimum atomic E-state index is 0.374. The Morgan fingerprint density at radius 1 is 1.21 bits per heavy atom. The van der Waals surface area contributed by atoms with Crippen LogP contribution in [0.5, 0.6) is 5.88 Å². The van der Waals surface area contributed by atoms with Crippen LogP contribution < -0.4 is 9.64 Å². The van der Waals surface area contributed by atoms with E-state index < -0.39 is 0 Å². The van der Waals surface area contributed by atoms with Crippen LogP contribution >= 0.6 is 0 Å². The van der Waals surface area contributed by atoms with E-state index in [1.54, 1.807) is 13.2 Å². The van der Waals surface area contributed by atoms with Gasteiger partial charge in [0.25, 0.3) is 0 Å². The van der Waals surface area contributed by atoms with Crippen molar-refractivity contribution in [3.8, 4) is 11.9 Å². The summed E-state index contributed by atoms with van der Waals surface area (Å²) in [6, 6.07) is 13.9. The molecule has 0 aromatic carbocycles. The monoisotopic (exact) mass is 323 g/mol. The van der Waals surface area contributed by atoms with Gasteiger partial charge in [0.15, 0.2) is 0 Å². The number of rotatable bonds is 4. The number of hydrogen-bond acceptors (Lipinski definition) is 6. The number of nitrogens with zero attached hydrogens (tertiary/aromatic N) is 5. The molecule has 0 radical (unpaired) electrons. The fraction of sp³-hybridized carbons (Fsp3) is 0.389. The normalized spacial score (nSPS) is 18.2. The average molecular weight is 323 g/mol. The summed E-state index contributed by atoms with van der Waals surface area (Å²) in [5.74, 6) is 1.52. The van der Waals surface area contributed by atoms with Gasteiger partial charge < -0.3 is 9.64 Å². The predicted octanol–water partition coefficient (Wildman–Crippen LogP) is 2.07. The quantitative estimate of drug-likeness (QED) is 0.858. The number of hydrogen-bond donors (Lipinski definition) is 0. The Morgan fingerprint density at radius 2 is 2.04 bits per heavy atom. The van der Waals surface area contributed by atoms with Crippen molar-refractivity contribution in [2.24, 2.45) is 0 Å². The molecule has 2 aromatic rings. The Hall–Kier alpha value is -2.65. The van der Waals surface area contributed by atoms with Crippen LogP contribution in [0.25, 0.3) is 0 Å². The van der Waals surface area contributed by atoms with Crippen LogP contribution in [0.15, 0.2) is 36.4 Å². The van der Waals surface area contributed by atoms with Crippen LogP contribution in [0.4, 0.5) is 5.82 Å². The number of nitriles is 1. The van der Waals surface area contributed by atoms with Gasteiger partial charge in [-0.3, -0.25) is 4.90 Å². The first-order valence-electron chi connectivity index (χ1n) is 8.05. The van der Waals surface area contributed by atoms with E-state index in [2.05, 4.69) is 32.8 Å². The van der Waals surface area contributed by atoms with Crippen LogP contribution in [0, 0.1) is 11.3 Å². The standard InChI is InChI=1S/C18H21N5O/c1-14-12-23(17-7-3-5-15(11-19)20-17)10-9-22(14)13-16-6-4-8-18(21-16)24-2/h3-8,14H,9-10,12-13H2,1-2H3. The highest BCUT2D eigenvalue weighted by Gasteiger charge is 2.25. The van der Waals surface area contributed by atoms with E-state index in [4.69, 9.17) is 10.00 Å². The molecular weight excluding hydrogens is 302 g/mol. The summed E-state index contributed by atoms with van der Waals surface area (Å²) >= 11 is 0. The fourth-order valence-electron chi connectivity index (χ4n) is 2.97. The van der Waals surface area contributed by atoms with Crippen molar-refractivity contribution in [2.75, 3.05) is 31.6 Å². The predicted molar refractivity (Wildman–Crippen MR) is 91.8 cm³/mol. The van der Waals surface area contributed by atoms with Gasteiger partial charge in [0, 0.05) is 38.3 Å². The molecule has 6 nitrogen and oxygen atoms in total. The lowest BCUT2D eigenvalue weighted by Gasteiger charge is -2.40. The summed E-state index contributed by atoms with van der Waals surface area (Å²) < 4.78 is 5.20. The van der Waals surface area contributed by atoms with Gasteiger partial charge in [-0.1, -0.05) is 12.1 Å². The maximum Gasteiger partial charge on any atom is 0.213 e. The molecule has 6 heteroatoms. The van der Waals surface area contributed by atoms with E-state index in [0.29, 0.717) is 17.6 Å². The highest BCUT2D eigenvalue weighted by Crippen LogP contribution is 2.19. The van der Waals surface area contributed by atoms with E-state index in [9.17, 15) is 0 Å². The third kappa shape index (κ3) is 3.63. The van der Waals surface area contributed by atoms with E-state index in [1.807, 2.05) is 30.3 Å². The van der Waals surface area contributed by atoms with Crippen molar-refractivity contribution >= 4 is 5.82 Å². The molecule has 2 aromatic heterocycles. The van der Waals surface area contributed by atoms with Crippen molar-refractivity contribution in [1.29, 1.82) is 5.26 Å². The fourth-order valence-corrected chi connectivity index (χ4v) is 2.97. The van der Waals surface area contributed by atoms with Gasteiger partial charge in [0.1, 0.15) is 17.6 Å². The van der Waals surface area contributed by atoms with Crippen LogP contribution in [0.1, 0.15) is 18.3 Å². The maximum absolute atomic E-state index is 9.00. The van der Waals surface area contributed by atoms with Gasteiger partial charge in [0.2, 0.25) is 5.88 Å². The molecule has 1 aliphatic heterocycles. The summed E-state index contributed by atoms with van der Waals surface area (Å²) in [4.78, 5) is 13.5. The van der Waals surface area contributed by atoms with Gasteiger partial charge in [-0.2, -0.15) is 5.26 Å². The highest BCUT2D eigenvalue weighted by molar-refractivity contribution is 5.42. The van der Waals surface area contributed by atoms with Gasteiger partial charge in [-0.05, 0) is 25.1 Å². The smallest absolute Gasteiger partial charge is 0.213 e. The van der Waals surface area contributed by atoms with Crippen molar-refractivity contribution < 1.29 is 4.74 Å². The third-order valence-corrected chi connectivity index (χ3v) is 4.29. The largest absolute Gasteiger partial charge is 0.481 e. The van der Waals surface area contributed by atoms with Crippen LogP contribution in [0.3, 0.4) is 0 Å². The molecule has 0 saturated carbocycles. The SMILES string of the molecule is COc1cccc(CN2CCN(c3cccc(C#N)n3)CC2C)n1. The summed E-state index contributed by atoms with van der Waals surface area (Å²) in [6.07, 6.45) is 0. The Labute approximate surface area is 142 Å². The van der Waals surface area contributed by atoms with Crippen molar-refractivity contribution in [3.63, 3.8) is 0 Å². The summed E-state index contributed by atoms with van der Waals surface area (Å²) in [6.45, 7) is 5.71. The summed E-state index contributed by atoms with van der Waals surface area (Å²) in [5.41, 5.74) is 1.47. The van der Waals surface area contributed by atoms with Crippen LogP contribution in [0.2, 0.25) is 0 Å². The Balaban J connectivity index is 1.65. The Kier molecular flexibility index (Phi) is 4.92. The first kappa shape index (κ1) is 16.2. The highest BCUT2D eigenvalue weighted by atomic mass is 16.5. The molecule has 0 amide bonds. The number of aromatic nitrogens is 2. The molecule has 3 rings (SSSR count). The number of pyridine rings is 2. The molecule has 1 atom stereocenters. The third-order valence-electron chi connectivity index (χ3n) is 4.29. The van der Waals surface area contributed by atoms with E-state index >= 15 is 0 Å². The molecule has 124 valence electrons. The van der Waals surface area contributed by atoms with Crippen LogP contribution in [-0.4, -0.2) is 47.7 Å². The van der Waals surface area contributed by atoms with E-state index in [-0.39, 0.29) is 0 Å². The number of anilines is 1. The minimum absolute atomic E-state index is 0.374. The first-order valence-corrected chi connectivity index (χ1v) is 8.05. The second-order valence-electron chi connectivity index (χ2n) is 5.93. The number of piperazine rings is 1. The zero-order valence-corrected chi connectivity index (χ0v) is 14.0. The summed E-state index contributed by atoms with van der Waals surface area (Å²) in [7, 11) is 1.63. The van der Waals surface area contributed by atoms with Gasteiger partial charge in [-0.15, -0.1) is 0 Å². The zero-order chi connectivity index (χ0) is 16.9. The minimum Gasteiger partial charge on any atom is -0.481 e. The lowest BCUT2D eigenvalue weighted by atomic mass is 10.1. The second kappa shape index (κ2) is 7.28. The van der Waals surface area contributed by atoms with Gasteiger partial charge in [-0.25, -0.2) is 9.97 Å². The maximum atomic E-state index is 9.00. The van der Waals surface area contributed by atoms with E-state index in [1.165, 1.54) is 0 Å². The van der Waals surface area contributed by atoms with Crippen molar-refractivity contribution in [3.05, 3.63) is 47.8 Å². The zero-order valence-electron chi connectivity index (χ0n) is 14.0. The van der Waals surface area contributed by atoms with Crippen molar-refractivity contribution in [1.82, 2.24) is 14.9 Å². The van der Waals surface area contributed by atoms with Gasteiger partial charge >= 0.3 is 0 Å². The van der Waals surface area contributed by atoms with Crippen LogP contribution in [-0.2, 0) is 6.54 Å². The molecule has 0 aliphatic carbocycles. The Bertz CT molecular complexity index is 742. The molecule has 3 heterocycles. The molecule has 0 N–H and O–H groups in total. The topological polar surface area (TPSA) is 65.3 Å². The average Bonchev–Trinajstić information content (AvgIpc) is 2.63. The lowest BCUT2D eigenvalue weighted by molar-refractivity contribution is 0.178. The summed E-state index contributed by atoms with van der Waals surface area (Å²) in [5, 5.41) is 9.00. The molecule has 24 heavy (non-hydrogen) atoms. The number of ether oxygens (including phenoxy) is 1. The molecule has 1 aliphatic rings. The van der Waals surface area contributed by atoms with Crippen molar-refractivity contribution in [2.45, 2.75) is 19.5 Å².